The van der Waals surface area contributed by atoms with Crippen LogP contribution in [0.5, 0.6) is 5.75 Å². The van der Waals surface area contributed by atoms with Crippen LogP contribution in [0.3, 0.4) is 0 Å². The Hall–Kier alpha value is -1.52. The molecule has 0 fully saturated rings. The summed E-state index contributed by atoms with van der Waals surface area (Å²) in [5.41, 5.74) is 1.59. The fraction of sp³-hybridized carbons (Fsp3) is 0.286. The first kappa shape index (κ1) is 14.9. The van der Waals surface area contributed by atoms with Gasteiger partial charge < -0.3 is 10.1 Å². The maximum absolute atomic E-state index is 6.15. The molecule has 0 saturated heterocycles. The van der Waals surface area contributed by atoms with Crippen LogP contribution in [0.15, 0.2) is 24.5 Å². The highest BCUT2D eigenvalue weighted by atomic mass is 35.5. The summed E-state index contributed by atoms with van der Waals surface area (Å²) >= 11 is 12.2. The number of benzene rings is 1. The number of halogens is 2. The van der Waals surface area contributed by atoms with Gasteiger partial charge in [-0.15, -0.1) is 0 Å². The second kappa shape index (κ2) is 6.29. The van der Waals surface area contributed by atoms with Gasteiger partial charge in [-0.2, -0.15) is 0 Å². The van der Waals surface area contributed by atoms with Gasteiger partial charge in [-0.3, -0.25) is 0 Å². The van der Waals surface area contributed by atoms with Crippen LogP contribution in [0.4, 0.5) is 11.5 Å². The van der Waals surface area contributed by atoms with Gasteiger partial charge in [0.1, 0.15) is 23.0 Å². The van der Waals surface area contributed by atoms with Crippen LogP contribution in [0.25, 0.3) is 0 Å². The Balaban J connectivity index is 2.45. The summed E-state index contributed by atoms with van der Waals surface area (Å²) < 4.78 is 5.31. The summed E-state index contributed by atoms with van der Waals surface area (Å²) in [7, 11) is 1.60. The van der Waals surface area contributed by atoms with Gasteiger partial charge >= 0.3 is 0 Å². The first-order valence-corrected chi connectivity index (χ1v) is 6.89. The monoisotopic (exact) mass is 311 g/mol. The second-order valence-corrected chi connectivity index (χ2v) is 5.35. The Morgan fingerprint density at radius 2 is 1.95 bits per heavy atom. The summed E-state index contributed by atoms with van der Waals surface area (Å²) in [6.07, 6.45) is 1.42. The minimum atomic E-state index is 0.191. The Labute approximate surface area is 128 Å². The van der Waals surface area contributed by atoms with Gasteiger partial charge in [0.15, 0.2) is 0 Å². The summed E-state index contributed by atoms with van der Waals surface area (Å²) in [6, 6.07) is 5.34. The molecule has 1 N–H and O–H groups in total. The number of hydrogen-bond donors (Lipinski definition) is 1. The first-order valence-electron chi connectivity index (χ1n) is 6.14. The Morgan fingerprint density at radius 1 is 1.20 bits per heavy atom. The lowest BCUT2D eigenvalue weighted by Crippen LogP contribution is -2.04. The highest BCUT2D eigenvalue weighted by Gasteiger charge is 2.15. The zero-order chi connectivity index (χ0) is 14.7. The molecule has 4 nitrogen and oxygen atoms in total. The lowest BCUT2D eigenvalue weighted by atomic mass is 10.1. The minimum absolute atomic E-state index is 0.191. The third-order valence-corrected chi connectivity index (χ3v) is 3.36. The number of ether oxygens (including phenoxy) is 1. The molecule has 2 rings (SSSR count). The van der Waals surface area contributed by atoms with Gasteiger partial charge in [0, 0.05) is 10.6 Å². The third-order valence-electron chi connectivity index (χ3n) is 2.83. The number of anilines is 2. The van der Waals surface area contributed by atoms with E-state index in [0.29, 0.717) is 21.7 Å². The molecule has 106 valence electrons. The SMILES string of the molecule is COc1ccc(Cl)cc1Nc1ncnc(Cl)c1C(C)C. The molecule has 0 aliphatic carbocycles. The summed E-state index contributed by atoms with van der Waals surface area (Å²) in [5.74, 6) is 1.52. The predicted molar refractivity (Wildman–Crippen MR) is 82.4 cm³/mol. The molecule has 0 radical (unpaired) electrons. The number of methoxy groups -OCH3 is 1. The van der Waals surface area contributed by atoms with E-state index >= 15 is 0 Å². The van der Waals surface area contributed by atoms with E-state index in [1.165, 1.54) is 6.33 Å². The molecule has 0 spiro atoms. The predicted octanol–water partition coefficient (Wildman–Crippen LogP) is 4.66. The van der Waals surface area contributed by atoms with Gasteiger partial charge in [-0.05, 0) is 24.1 Å². The van der Waals surface area contributed by atoms with Crippen molar-refractivity contribution < 1.29 is 4.74 Å². The second-order valence-electron chi connectivity index (χ2n) is 4.55. The summed E-state index contributed by atoms with van der Waals surface area (Å²) in [6.45, 7) is 4.07. The molecular weight excluding hydrogens is 297 g/mol. The van der Waals surface area contributed by atoms with Crippen molar-refractivity contribution in [1.29, 1.82) is 0 Å². The van der Waals surface area contributed by atoms with Crippen LogP contribution in [0.2, 0.25) is 10.2 Å². The fourth-order valence-electron chi connectivity index (χ4n) is 1.89. The van der Waals surface area contributed by atoms with Crippen LogP contribution in [-0.4, -0.2) is 17.1 Å². The van der Waals surface area contributed by atoms with Gasteiger partial charge in [-0.25, -0.2) is 9.97 Å². The van der Waals surface area contributed by atoms with Crippen LogP contribution in [0, 0.1) is 0 Å². The third kappa shape index (κ3) is 3.14. The standard InChI is InChI=1S/C14H15Cl2N3O/c1-8(2)12-13(16)17-7-18-14(12)19-10-6-9(15)4-5-11(10)20-3/h4-8H,1-3H3,(H,17,18,19). The largest absolute Gasteiger partial charge is 0.495 e. The molecule has 0 unspecified atom stereocenters. The quantitative estimate of drug-likeness (QED) is 0.834. The molecule has 1 aromatic carbocycles. The lowest BCUT2D eigenvalue weighted by molar-refractivity contribution is 0.417. The molecule has 6 heteroatoms. The van der Waals surface area contributed by atoms with Crippen molar-refractivity contribution in [2.24, 2.45) is 0 Å². The highest BCUT2D eigenvalue weighted by molar-refractivity contribution is 6.31. The summed E-state index contributed by atoms with van der Waals surface area (Å²) in [4.78, 5) is 8.28. The van der Waals surface area contributed by atoms with Crippen molar-refractivity contribution in [2.75, 3.05) is 12.4 Å². The van der Waals surface area contributed by atoms with Crippen molar-refractivity contribution in [3.05, 3.63) is 40.3 Å². The van der Waals surface area contributed by atoms with Crippen molar-refractivity contribution in [2.45, 2.75) is 19.8 Å². The molecular formula is C14H15Cl2N3O. The van der Waals surface area contributed by atoms with E-state index < -0.39 is 0 Å². The molecule has 0 aliphatic rings. The van der Waals surface area contributed by atoms with Crippen LogP contribution >= 0.6 is 23.2 Å². The molecule has 0 saturated carbocycles. The molecule has 0 amide bonds. The van der Waals surface area contributed by atoms with Gasteiger partial charge in [0.25, 0.3) is 0 Å². The van der Waals surface area contributed by atoms with E-state index in [2.05, 4.69) is 15.3 Å². The van der Waals surface area contributed by atoms with Gasteiger partial charge in [0.2, 0.25) is 0 Å². The van der Waals surface area contributed by atoms with Gasteiger partial charge in [0.05, 0.1) is 12.8 Å². The van der Waals surface area contributed by atoms with Crippen LogP contribution < -0.4 is 10.1 Å². The molecule has 1 aromatic heterocycles. The molecule has 0 aliphatic heterocycles. The van der Waals surface area contributed by atoms with Crippen molar-refractivity contribution >= 4 is 34.7 Å². The Bertz CT molecular complexity index is 617. The lowest BCUT2D eigenvalue weighted by Gasteiger charge is -2.16. The van der Waals surface area contributed by atoms with Gasteiger partial charge in [-0.1, -0.05) is 37.0 Å². The molecule has 20 heavy (non-hydrogen) atoms. The molecule has 0 atom stereocenters. The number of nitrogens with one attached hydrogen (secondary N) is 1. The summed E-state index contributed by atoms with van der Waals surface area (Å²) in [5, 5.41) is 4.26. The zero-order valence-corrected chi connectivity index (χ0v) is 13.0. The highest BCUT2D eigenvalue weighted by Crippen LogP contribution is 2.34. The number of rotatable bonds is 4. The maximum Gasteiger partial charge on any atom is 0.142 e. The first-order chi connectivity index (χ1) is 9.52. The Morgan fingerprint density at radius 3 is 2.60 bits per heavy atom. The van der Waals surface area contributed by atoms with Crippen LogP contribution in [0.1, 0.15) is 25.3 Å². The zero-order valence-electron chi connectivity index (χ0n) is 11.4. The number of aromatic nitrogens is 2. The smallest absolute Gasteiger partial charge is 0.142 e. The molecule has 2 aromatic rings. The topological polar surface area (TPSA) is 47.0 Å². The van der Waals surface area contributed by atoms with E-state index in [1.807, 2.05) is 13.8 Å². The van der Waals surface area contributed by atoms with Crippen LogP contribution in [-0.2, 0) is 0 Å². The van der Waals surface area contributed by atoms with E-state index in [9.17, 15) is 0 Å². The number of nitrogens with zero attached hydrogens (tertiary/aromatic N) is 2. The average molecular weight is 312 g/mol. The van der Waals surface area contributed by atoms with E-state index in [4.69, 9.17) is 27.9 Å². The number of hydrogen-bond acceptors (Lipinski definition) is 4. The minimum Gasteiger partial charge on any atom is -0.495 e. The van der Waals surface area contributed by atoms with E-state index in [0.717, 1.165) is 11.3 Å². The normalized spacial score (nSPS) is 10.7. The van der Waals surface area contributed by atoms with Crippen molar-refractivity contribution in [1.82, 2.24) is 9.97 Å². The fourth-order valence-corrected chi connectivity index (χ4v) is 2.41. The van der Waals surface area contributed by atoms with E-state index in [1.54, 1.807) is 25.3 Å². The van der Waals surface area contributed by atoms with Crippen molar-refractivity contribution in [3.8, 4) is 5.75 Å². The maximum atomic E-state index is 6.15. The van der Waals surface area contributed by atoms with E-state index in [-0.39, 0.29) is 5.92 Å². The Kier molecular flexibility index (Phi) is 4.68. The average Bonchev–Trinajstić information content (AvgIpc) is 2.38. The molecule has 1 heterocycles. The van der Waals surface area contributed by atoms with Crippen molar-refractivity contribution in [3.63, 3.8) is 0 Å². The molecule has 0 bridgehead atoms.